The van der Waals surface area contributed by atoms with Gasteiger partial charge in [0.25, 0.3) is 5.91 Å². The number of esters is 1. The molecule has 0 bridgehead atoms. The highest BCUT2D eigenvalue weighted by atomic mass is 32.1. The highest BCUT2D eigenvalue weighted by molar-refractivity contribution is 7.17. The van der Waals surface area contributed by atoms with Crippen LogP contribution in [-0.4, -0.2) is 33.1 Å². The van der Waals surface area contributed by atoms with Gasteiger partial charge in [0.2, 0.25) is 0 Å². The number of benzene rings is 1. The van der Waals surface area contributed by atoms with Crippen molar-refractivity contribution >= 4 is 33.9 Å². The van der Waals surface area contributed by atoms with Gasteiger partial charge in [-0.2, -0.15) is 0 Å². The number of methoxy groups -OCH3 is 1. The molecule has 0 saturated heterocycles. The second-order valence-corrected chi connectivity index (χ2v) is 7.76. The number of carbonyl (C=O) groups is 2. The largest absolute Gasteiger partial charge is 0.465 e. The first kappa shape index (κ1) is 18.5. The minimum Gasteiger partial charge on any atom is -0.465 e. The predicted octanol–water partition coefficient (Wildman–Crippen LogP) is 4.12. The van der Waals surface area contributed by atoms with Gasteiger partial charge in [0.15, 0.2) is 0 Å². The lowest BCUT2D eigenvalue weighted by Gasteiger charge is -2.12. The molecule has 0 unspecified atom stereocenters. The average Bonchev–Trinajstić information content (AvgIpc) is 2.81. The summed E-state index contributed by atoms with van der Waals surface area (Å²) in [6, 6.07) is 7.39. The Labute approximate surface area is 158 Å². The summed E-state index contributed by atoms with van der Waals surface area (Å²) in [5, 5.41) is 3.54. The van der Waals surface area contributed by atoms with E-state index >= 15 is 0 Å². The molecule has 6 heteroatoms. The number of amides is 1. The Hall–Kier alpha value is -2.34. The zero-order chi connectivity index (χ0) is 18.7. The first-order chi connectivity index (χ1) is 12.5. The van der Waals surface area contributed by atoms with Crippen LogP contribution in [0.15, 0.2) is 24.3 Å². The molecule has 0 atom stereocenters. The summed E-state index contributed by atoms with van der Waals surface area (Å²) in [5.41, 5.74) is 3.18. The van der Waals surface area contributed by atoms with E-state index in [4.69, 9.17) is 4.74 Å². The molecule has 1 aliphatic carbocycles. The third kappa shape index (κ3) is 3.75. The number of hydrogen-bond acceptors (Lipinski definition) is 5. The molecule has 1 N–H and O–H groups in total. The number of ether oxygens (including phenoxy) is 1. The van der Waals surface area contributed by atoms with Crippen LogP contribution in [0.4, 0.5) is 10.7 Å². The van der Waals surface area contributed by atoms with Crippen molar-refractivity contribution in [2.45, 2.75) is 32.1 Å². The zero-order valence-electron chi connectivity index (χ0n) is 15.4. The molecule has 1 amide bonds. The molecule has 0 aliphatic heterocycles. The number of hydrogen-bond donors (Lipinski definition) is 1. The number of nitrogens with zero attached hydrogens (tertiary/aromatic N) is 1. The molecule has 0 spiro atoms. The van der Waals surface area contributed by atoms with E-state index in [2.05, 4.69) is 5.32 Å². The molecule has 1 heterocycles. The van der Waals surface area contributed by atoms with Crippen molar-refractivity contribution < 1.29 is 14.3 Å². The van der Waals surface area contributed by atoms with Crippen molar-refractivity contribution in [3.63, 3.8) is 0 Å². The second-order valence-electron chi connectivity index (χ2n) is 6.66. The van der Waals surface area contributed by atoms with Crippen LogP contribution in [0, 0.1) is 0 Å². The van der Waals surface area contributed by atoms with Crippen LogP contribution in [0.25, 0.3) is 0 Å². The fourth-order valence-electron chi connectivity index (χ4n) is 3.23. The van der Waals surface area contributed by atoms with E-state index in [-0.39, 0.29) is 11.9 Å². The van der Waals surface area contributed by atoms with Crippen LogP contribution in [-0.2, 0) is 17.6 Å². The molecule has 1 aromatic carbocycles. The molecule has 5 nitrogen and oxygen atoms in total. The maximum Gasteiger partial charge on any atom is 0.341 e. The number of aryl methyl sites for hydroxylation is 1. The van der Waals surface area contributed by atoms with Crippen LogP contribution in [0.3, 0.4) is 0 Å². The lowest BCUT2D eigenvalue weighted by Crippen LogP contribution is -2.15. The summed E-state index contributed by atoms with van der Waals surface area (Å²) in [7, 11) is 5.29. The van der Waals surface area contributed by atoms with Crippen molar-refractivity contribution in [1.82, 2.24) is 0 Å². The average molecular weight is 372 g/mol. The summed E-state index contributed by atoms with van der Waals surface area (Å²) < 4.78 is 4.98. The van der Waals surface area contributed by atoms with Crippen LogP contribution < -0.4 is 10.2 Å². The highest BCUT2D eigenvalue weighted by Crippen LogP contribution is 2.38. The van der Waals surface area contributed by atoms with Crippen LogP contribution in [0.5, 0.6) is 0 Å². The van der Waals surface area contributed by atoms with Gasteiger partial charge in [0, 0.05) is 30.2 Å². The predicted molar refractivity (Wildman–Crippen MR) is 106 cm³/mol. The van der Waals surface area contributed by atoms with E-state index in [0.717, 1.165) is 36.9 Å². The number of carbonyl (C=O) groups excluding carboxylic acids is 2. The van der Waals surface area contributed by atoms with Crippen molar-refractivity contribution in [1.29, 1.82) is 0 Å². The highest BCUT2D eigenvalue weighted by Gasteiger charge is 2.26. The molecular weight excluding hydrogens is 348 g/mol. The lowest BCUT2D eigenvalue weighted by molar-refractivity contribution is 0.0601. The summed E-state index contributed by atoms with van der Waals surface area (Å²) in [5.74, 6) is -0.584. The van der Waals surface area contributed by atoms with Crippen molar-refractivity contribution in [2.24, 2.45) is 0 Å². The molecule has 3 rings (SSSR count). The summed E-state index contributed by atoms with van der Waals surface area (Å²) in [4.78, 5) is 28.2. The van der Waals surface area contributed by atoms with Crippen LogP contribution in [0.2, 0.25) is 0 Å². The molecule has 26 heavy (non-hydrogen) atoms. The van der Waals surface area contributed by atoms with Crippen molar-refractivity contribution in [2.75, 3.05) is 31.4 Å². The van der Waals surface area contributed by atoms with Gasteiger partial charge in [0.05, 0.1) is 12.7 Å². The Balaban J connectivity index is 1.89. The lowest BCUT2D eigenvalue weighted by atomic mass is 10.1. The van der Waals surface area contributed by atoms with Gasteiger partial charge in [-0.05, 0) is 55.5 Å². The summed E-state index contributed by atoms with van der Waals surface area (Å²) in [6.07, 6.45) is 5.17. The minimum absolute atomic E-state index is 0.211. The topological polar surface area (TPSA) is 58.6 Å². The Morgan fingerprint density at radius 3 is 2.42 bits per heavy atom. The first-order valence-electron chi connectivity index (χ1n) is 8.83. The van der Waals surface area contributed by atoms with Gasteiger partial charge in [-0.1, -0.05) is 6.42 Å². The third-order valence-electron chi connectivity index (χ3n) is 4.68. The Bertz CT molecular complexity index is 809. The smallest absolute Gasteiger partial charge is 0.341 e. The molecule has 2 aromatic rings. The SMILES string of the molecule is COC(=O)c1c(NC(=O)c2ccc(N(C)C)cc2)sc2c1CCCCC2. The van der Waals surface area contributed by atoms with Gasteiger partial charge in [0.1, 0.15) is 5.00 Å². The maximum atomic E-state index is 12.7. The van der Waals surface area contributed by atoms with Crippen LogP contribution in [0.1, 0.15) is 50.4 Å². The fraction of sp³-hybridized carbons (Fsp3) is 0.400. The van der Waals surface area contributed by atoms with E-state index in [9.17, 15) is 9.59 Å². The molecule has 1 aliphatic rings. The molecule has 138 valence electrons. The van der Waals surface area contributed by atoms with E-state index in [0.29, 0.717) is 16.1 Å². The Morgan fingerprint density at radius 2 is 1.77 bits per heavy atom. The third-order valence-corrected chi connectivity index (χ3v) is 5.89. The monoisotopic (exact) mass is 372 g/mol. The Kier molecular flexibility index (Phi) is 5.61. The number of fused-ring (bicyclic) bond motifs is 1. The van der Waals surface area contributed by atoms with Crippen molar-refractivity contribution in [3.8, 4) is 0 Å². The minimum atomic E-state index is -0.373. The molecule has 0 fully saturated rings. The van der Waals surface area contributed by atoms with Gasteiger partial charge < -0.3 is 15.0 Å². The summed E-state index contributed by atoms with van der Waals surface area (Å²) in [6.45, 7) is 0. The van der Waals surface area contributed by atoms with Crippen LogP contribution >= 0.6 is 11.3 Å². The standard InChI is InChI=1S/C20H24N2O3S/c1-22(2)14-11-9-13(10-12-14)18(23)21-19-17(20(24)25-3)15-7-5-4-6-8-16(15)26-19/h9-12H,4-8H2,1-3H3,(H,21,23). The molecule has 1 aromatic heterocycles. The molecule has 0 saturated carbocycles. The summed E-state index contributed by atoms with van der Waals surface area (Å²) >= 11 is 1.51. The van der Waals surface area contributed by atoms with Gasteiger partial charge in [-0.3, -0.25) is 4.79 Å². The Morgan fingerprint density at radius 1 is 1.08 bits per heavy atom. The number of thiophene rings is 1. The molecular formula is C20H24N2O3S. The molecule has 0 radical (unpaired) electrons. The number of anilines is 2. The second kappa shape index (κ2) is 7.91. The normalized spacial score (nSPS) is 13.5. The van der Waals surface area contributed by atoms with Crippen molar-refractivity contribution in [3.05, 3.63) is 45.8 Å². The quantitative estimate of drug-likeness (QED) is 0.648. The maximum absolute atomic E-state index is 12.7. The number of rotatable bonds is 4. The first-order valence-corrected chi connectivity index (χ1v) is 9.64. The van der Waals surface area contributed by atoms with Gasteiger partial charge in [-0.25, -0.2) is 4.79 Å². The van der Waals surface area contributed by atoms with E-state index < -0.39 is 0 Å². The fourth-order valence-corrected chi connectivity index (χ4v) is 4.51. The number of nitrogens with one attached hydrogen (secondary N) is 1. The zero-order valence-corrected chi connectivity index (χ0v) is 16.2. The van der Waals surface area contributed by atoms with Gasteiger partial charge in [-0.15, -0.1) is 11.3 Å². The van der Waals surface area contributed by atoms with E-state index in [1.54, 1.807) is 12.1 Å². The van der Waals surface area contributed by atoms with E-state index in [1.807, 2.05) is 31.1 Å². The van der Waals surface area contributed by atoms with E-state index in [1.165, 1.54) is 29.7 Å². The van der Waals surface area contributed by atoms with Gasteiger partial charge >= 0.3 is 5.97 Å².